The number of nitrogens with zero attached hydrogens (tertiary/aromatic N) is 4. The van der Waals surface area contributed by atoms with Crippen molar-refractivity contribution in [1.29, 1.82) is 5.26 Å². The minimum absolute atomic E-state index is 0.0912. The lowest BCUT2D eigenvalue weighted by Gasteiger charge is -2.11. The van der Waals surface area contributed by atoms with Gasteiger partial charge in [-0.15, -0.1) is 0 Å². The summed E-state index contributed by atoms with van der Waals surface area (Å²) in [6.07, 6.45) is 5.46. The zero-order chi connectivity index (χ0) is 17.1. The second-order valence-corrected chi connectivity index (χ2v) is 6.61. The summed E-state index contributed by atoms with van der Waals surface area (Å²) in [5, 5.41) is 13.2. The second-order valence-electron chi connectivity index (χ2n) is 5.69. The highest BCUT2D eigenvalue weighted by Gasteiger charge is 2.24. The van der Waals surface area contributed by atoms with Crippen LogP contribution in [0.25, 0.3) is 0 Å². The number of Topliss-reactive ketones (excluding diaryl/α,β-unsaturated/α-hetero) is 1. The van der Waals surface area contributed by atoms with Gasteiger partial charge < -0.3 is 5.73 Å². The molecule has 1 saturated carbocycles. The van der Waals surface area contributed by atoms with E-state index in [4.69, 9.17) is 11.0 Å². The summed E-state index contributed by atoms with van der Waals surface area (Å²) >= 11 is 3.36. The molecular weight excluding hydrogens is 370 g/mol. The minimum atomic E-state index is -0.256. The number of aliphatic imine (C=N–C) groups is 1. The lowest BCUT2D eigenvalue weighted by molar-refractivity contribution is 0.106. The molecule has 0 amide bonds. The predicted molar refractivity (Wildman–Crippen MR) is 94.9 cm³/mol. The summed E-state index contributed by atoms with van der Waals surface area (Å²) in [5.74, 6) is 0.0524. The van der Waals surface area contributed by atoms with Crippen LogP contribution in [-0.4, -0.2) is 27.4 Å². The molecule has 24 heavy (non-hydrogen) atoms. The molecule has 1 heterocycles. The van der Waals surface area contributed by atoms with Gasteiger partial charge in [-0.3, -0.25) is 9.79 Å². The lowest BCUT2D eigenvalue weighted by Crippen LogP contribution is -2.27. The zero-order valence-corrected chi connectivity index (χ0v) is 14.5. The first-order valence-electron chi connectivity index (χ1n) is 7.72. The van der Waals surface area contributed by atoms with Crippen LogP contribution in [0.3, 0.4) is 0 Å². The number of ketones is 1. The molecule has 0 spiro atoms. The molecule has 2 aromatic rings. The molecule has 1 fully saturated rings. The first kappa shape index (κ1) is 16.4. The largest absolute Gasteiger partial charge is 0.382 e. The van der Waals surface area contributed by atoms with E-state index in [1.54, 1.807) is 24.3 Å². The average molecular weight is 386 g/mol. The lowest BCUT2D eigenvalue weighted by atomic mass is 10.1. The van der Waals surface area contributed by atoms with Crippen molar-refractivity contribution in [1.82, 2.24) is 9.78 Å². The summed E-state index contributed by atoms with van der Waals surface area (Å²) < 4.78 is 2.17. The van der Waals surface area contributed by atoms with Gasteiger partial charge in [-0.25, -0.2) is 0 Å². The normalized spacial score (nSPS) is 15.4. The first-order valence-corrected chi connectivity index (χ1v) is 8.51. The van der Waals surface area contributed by atoms with E-state index in [0.29, 0.717) is 5.56 Å². The van der Waals surface area contributed by atoms with Gasteiger partial charge in [-0.05, 0) is 37.1 Å². The molecule has 0 radical (unpaired) electrons. The molecule has 1 aliphatic carbocycles. The molecular formula is C17H16BrN5O. The number of nitrogens with two attached hydrogens (primary N) is 1. The van der Waals surface area contributed by atoms with Gasteiger partial charge in [0, 0.05) is 10.0 Å². The molecule has 0 unspecified atom stereocenters. The van der Waals surface area contributed by atoms with Crippen LogP contribution < -0.4 is 5.73 Å². The topological polar surface area (TPSA) is 97.1 Å². The number of halogens is 1. The highest BCUT2D eigenvalue weighted by Crippen LogP contribution is 2.23. The van der Waals surface area contributed by atoms with Crippen LogP contribution in [0.15, 0.2) is 39.9 Å². The zero-order valence-electron chi connectivity index (χ0n) is 12.9. The number of hydrogen-bond donors (Lipinski definition) is 1. The van der Waals surface area contributed by atoms with Crippen molar-refractivity contribution in [2.24, 2.45) is 4.99 Å². The maximum Gasteiger partial charge on any atom is 0.229 e. The third-order valence-corrected chi connectivity index (χ3v) is 4.60. The molecule has 122 valence electrons. The van der Waals surface area contributed by atoms with Gasteiger partial charge in [-0.2, -0.15) is 15.0 Å². The second kappa shape index (κ2) is 6.97. The van der Waals surface area contributed by atoms with Crippen LogP contribution in [0.4, 0.5) is 5.82 Å². The van der Waals surface area contributed by atoms with E-state index in [2.05, 4.69) is 26.0 Å². The Morgan fingerprint density at radius 1 is 1.33 bits per heavy atom. The van der Waals surface area contributed by atoms with E-state index in [1.807, 2.05) is 6.07 Å². The van der Waals surface area contributed by atoms with E-state index in [9.17, 15) is 4.79 Å². The highest BCUT2D eigenvalue weighted by molar-refractivity contribution is 9.10. The van der Waals surface area contributed by atoms with Gasteiger partial charge in [0.15, 0.2) is 5.84 Å². The number of hydrogen-bond acceptors (Lipinski definition) is 5. The molecule has 3 rings (SSSR count). The van der Waals surface area contributed by atoms with Crippen molar-refractivity contribution in [3.63, 3.8) is 0 Å². The molecule has 6 nitrogen and oxygen atoms in total. The van der Waals surface area contributed by atoms with Gasteiger partial charge in [0.05, 0.1) is 12.2 Å². The van der Waals surface area contributed by atoms with Crippen LogP contribution in [0.2, 0.25) is 0 Å². The van der Waals surface area contributed by atoms with Crippen LogP contribution in [0.5, 0.6) is 0 Å². The first-order chi connectivity index (χ1) is 11.6. The fourth-order valence-electron chi connectivity index (χ4n) is 2.76. The van der Waals surface area contributed by atoms with E-state index < -0.39 is 0 Å². The monoisotopic (exact) mass is 385 g/mol. The highest BCUT2D eigenvalue weighted by atomic mass is 79.9. The molecule has 1 aromatic heterocycles. The van der Waals surface area contributed by atoms with Gasteiger partial charge in [-0.1, -0.05) is 28.8 Å². The van der Waals surface area contributed by atoms with Crippen molar-refractivity contribution in [2.75, 3.05) is 5.73 Å². The minimum Gasteiger partial charge on any atom is -0.382 e. The number of aromatic nitrogens is 2. The number of anilines is 1. The molecule has 1 aliphatic rings. The third kappa shape index (κ3) is 3.24. The Balaban J connectivity index is 2.04. The Morgan fingerprint density at radius 2 is 2.00 bits per heavy atom. The molecule has 7 heteroatoms. The summed E-state index contributed by atoms with van der Waals surface area (Å²) in [6, 6.07) is 9.11. The van der Waals surface area contributed by atoms with Crippen LogP contribution >= 0.6 is 15.9 Å². The fraction of sp³-hybridized carbons (Fsp3) is 0.294. The Hall–Kier alpha value is -2.46. The van der Waals surface area contributed by atoms with E-state index >= 15 is 0 Å². The Kier molecular flexibility index (Phi) is 4.76. The maximum atomic E-state index is 12.9. The number of benzene rings is 1. The number of nitriles is 1. The SMILES string of the molecule is N#Cc1cnn(C(=NC2CCCC2)C(=O)c2ccc(Br)cc2)c1N. The van der Waals surface area contributed by atoms with Crippen molar-refractivity contribution in [2.45, 2.75) is 31.7 Å². The Morgan fingerprint density at radius 3 is 2.58 bits per heavy atom. The molecule has 0 aliphatic heterocycles. The molecule has 1 aromatic carbocycles. The average Bonchev–Trinajstić information content (AvgIpc) is 3.22. The van der Waals surface area contributed by atoms with E-state index in [-0.39, 0.29) is 29.0 Å². The van der Waals surface area contributed by atoms with E-state index in [1.165, 1.54) is 10.9 Å². The van der Waals surface area contributed by atoms with Crippen molar-refractivity contribution in [3.8, 4) is 6.07 Å². The van der Waals surface area contributed by atoms with Crippen molar-refractivity contribution >= 4 is 33.4 Å². The van der Waals surface area contributed by atoms with Gasteiger partial charge in [0.2, 0.25) is 5.78 Å². The molecule has 0 atom stereocenters. The van der Waals surface area contributed by atoms with Crippen LogP contribution in [-0.2, 0) is 0 Å². The van der Waals surface area contributed by atoms with Gasteiger partial charge in [0.1, 0.15) is 17.5 Å². The molecule has 0 bridgehead atoms. The molecule has 0 saturated heterocycles. The number of carbonyl (C=O) groups excluding carboxylic acids is 1. The van der Waals surface area contributed by atoms with Crippen LogP contribution in [0.1, 0.15) is 41.6 Å². The summed E-state index contributed by atoms with van der Waals surface area (Å²) in [5.41, 5.74) is 6.70. The summed E-state index contributed by atoms with van der Waals surface area (Å²) in [4.78, 5) is 17.6. The quantitative estimate of drug-likeness (QED) is 0.498. The van der Waals surface area contributed by atoms with Gasteiger partial charge >= 0.3 is 0 Å². The molecule has 2 N–H and O–H groups in total. The van der Waals surface area contributed by atoms with Crippen molar-refractivity contribution < 1.29 is 4.79 Å². The smallest absolute Gasteiger partial charge is 0.229 e. The maximum absolute atomic E-state index is 12.9. The number of carbonyl (C=O) groups is 1. The summed E-state index contributed by atoms with van der Waals surface area (Å²) in [7, 11) is 0. The van der Waals surface area contributed by atoms with Crippen LogP contribution in [0, 0.1) is 11.3 Å². The number of rotatable bonds is 3. The van der Waals surface area contributed by atoms with Crippen molar-refractivity contribution in [3.05, 3.63) is 46.1 Å². The number of nitrogen functional groups attached to an aromatic ring is 1. The standard InChI is InChI=1S/C17H16BrN5O/c18-13-7-5-11(6-8-13)15(24)17(22-14-3-1-2-4-14)23-16(20)12(9-19)10-21-23/h5-8,10,14H,1-4,20H2. The Labute approximate surface area is 148 Å². The van der Waals surface area contributed by atoms with Gasteiger partial charge in [0.25, 0.3) is 0 Å². The predicted octanol–water partition coefficient (Wildman–Crippen LogP) is 3.17. The third-order valence-electron chi connectivity index (χ3n) is 4.07. The fourth-order valence-corrected chi connectivity index (χ4v) is 3.02. The Bertz CT molecular complexity index is 826. The summed E-state index contributed by atoms with van der Waals surface area (Å²) in [6.45, 7) is 0. The van der Waals surface area contributed by atoms with E-state index in [0.717, 1.165) is 30.2 Å².